The van der Waals surface area contributed by atoms with Gasteiger partial charge in [-0.25, -0.2) is 0 Å². The molecule has 0 heterocycles. The molecule has 0 saturated heterocycles. The first-order chi connectivity index (χ1) is 4.84. The lowest BCUT2D eigenvalue weighted by Gasteiger charge is -2.00. The van der Waals surface area contributed by atoms with Crippen LogP contribution in [0.4, 0.5) is 4.48 Å². The molecule has 0 amide bonds. The molecule has 0 bridgehead atoms. The van der Waals surface area contributed by atoms with E-state index < -0.39 is 0 Å². The molecule has 1 rings (SSSR count). The monoisotopic (exact) mass is 139 g/mol. The summed E-state index contributed by atoms with van der Waals surface area (Å²) in [5, 5.41) is 0. The maximum absolute atomic E-state index is 11.6. The van der Waals surface area contributed by atoms with Crippen LogP contribution in [0, 0.1) is 6.92 Å². The van der Waals surface area contributed by atoms with E-state index in [1.165, 1.54) is 0 Å². The van der Waals surface area contributed by atoms with E-state index in [1.54, 1.807) is 5.54 Å². The summed E-state index contributed by atoms with van der Waals surface area (Å²) in [6, 6.07) is 7.71. The molecular weight excluding hydrogens is 129 g/mol. The standard InChI is InChI=1S/C8H10FN/c1-7-4-2-3-5-8(7)6-10-9/h2-5,10H,6H2,1H3. The number of aryl methyl sites for hydroxylation is 1. The van der Waals surface area contributed by atoms with Crippen LogP contribution in [0.3, 0.4) is 0 Å². The van der Waals surface area contributed by atoms with Gasteiger partial charge in [-0.3, -0.25) is 0 Å². The second kappa shape index (κ2) is 3.32. The van der Waals surface area contributed by atoms with E-state index >= 15 is 0 Å². The van der Waals surface area contributed by atoms with Crippen molar-refractivity contribution in [2.24, 2.45) is 0 Å². The fourth-order valence-corrected chi connectivity index (χ4v) is 0.880. The van der Waals surface area contributed by atoms with Crippen LogP contribution in [0.1, 0.15) is 11.1 Å². The molecule has 0 radical (unpaired) electrons. The molecule has 1 nitrogen and oxygen atoms in total. The number of halogens is 1. The van der Waals surface area contributed by atoms with E-state index in [-0.39, 0.29) is 0 Å². The summed E-state index contributed by atoms with van der Waals surface area (Å²) in [5.41, 5.74) is 3.75. The second-order valence-corrected chi connectivity index (χ2v) is 2.24. The number of rotatable bonds is 2. The van der Waals surface area contributed by atoms with Crippen molar-refractivity contribution in [2.75, 3.05) is 0 Å². The first-order valence-electron chi connectivity index (χ1n) is 3.22. The summed E-state index contributed by atoms with van der Waals surface area (Å²) in [6.45, 7) is 2.26. The summed E-state index contributed by atoms with van der Waals surface area (Å²) in [7, 11) is 0. The Morgan fingerprint density at radius 1 is 1.40 bits per heavy atom. The summed E-state index contributed by atoms with van der Waals surface area (Å²) in [4.78, 5) is 0. The summed E-state index contributed by atoms with van der Waals surface area (Å²) in [6.07, 6.45) is 0. The summed E-state index contributed by atoms with van der Waals surface area (Å²) < 4.78 is 11.6. The zero-order valence-corrected chi connectivity index (χ0v) is 5.89. The lowest BCUT2D eigenvalue weighted by molar-refractivity contribution is 0.329. The Morgan fingerprint density at radius 2 is 2.10 bits per heavy atom. The molecule has 54 valence electrons. The highest BCUT2D eigenvalue weighted by Gasteiger charge is 1.93. The van der Waals surface area contributed by atoms with Crippen molar-refractivity contribution in [3.05, 3.63) is 35.4 Å². The van der Waals surface area contributed by atoms with Crippen LogP contribution in [0.2, 0.25) is 0 Å². The highest BCUT2D eigenvalue weighted by molar-refractivity contribution is 5.24. The Balaban J connectivity index is 2.81. The molecule has 1 aromatic carbocycles. The van der Waals surface area contributed by atoms with Crippen molar-refractivity contribution < 1.29 is 4.48 Å². The van der Waals surface area contributed by atoms with E-state index in [4.69, 9.17) is 0 Å². The van der Waals surface area contributed by atoms with Crippen LogP contribution < -0.4 is 5.54 Å². The number of benzene rings is 1. The largest absolute Gasteiger partial charge is 0.155 e. The molecule has 0 aliphatic rings. The topological polar surface area (TPSA) is 12.0 Å². The lowest BCUT2D eigenvalue weighted by Crippen LogP contribution is -2.00. The van der Waals surface area contributed by atoms with Crippen molar-refractivity contribution in [1.82, 2.24) is 5.54 Å². The molecule has 0 spiro atoms. The van der Waals surface area contributed by atoms with Crippen molar-refractivity contribution in [1.29, 1.82) is 0 Å². The predicted molar refractivity (Wildman–Crippen MR) is 39.1 cm³/mol. The Kier molecular flexibility index (Phi) is 2.40. The quantitative estimate of drug-likeness (QED) is 0.618. The Bertz CT molecular complexity index is 210. The fourth-order valence-electron chi connectivity index (χ4n) is 0.880. The van der Waals surface area contributed by atoms with E-state index in [0.29, 0.717) is 6.54 Å². The average molecular weight is 139 g/mol. The maximum atomic E-state index is 11.6. The Morgan fingerprint density at radius 3 is 2.70 bits per heavy atom. The molecule has 0 saturated carbocycles. The van der Waals surface area contributed by atoms with E-state index in [0.717, 1.165) is 11.1 Å². The van der Waals surface area contributed by atoms with Gasteiger partial charge in [-0.2, -0.15) is 5.54 Å². The van der Waals surface area contributed by atoms with Crippen molar-refractivity contribution in [3.63, 3.8) is 0 Å². The van der Waals surface area contributed by atoms with Crippen LogP contribution in [0.25, 0.3) is 0 Å². The van der Waals surface area contributed by atoms with Crippen LogP contribution in [-0.4, -0.2) is 0 Å². The van der Waals surface area contributed by atoms with E-state index in [2.05, 4.69) is 0 Å². The molecule has 0 atom stereocenters. The minimum atomic E-state index is 0.298. The van der Waals surface area contributed by atoms with Crippen LogP contribution in [-0.2, 0) is 6.54 Å². The van der Waals surface area contributed by atoms with Crippen molar-refractivity contribution in [3.8, 4) is 0 Å². The molecule has 0 aromatic heterocycles. The smallest absolute Gasteiger partial charge is 0.0512 e. The highest BCUT2D eigenvalue weighted by Crippen LogP contribution is 2.05. The van der Waals surface area contributed by atoms with Gasteiger partial charge in [-0.05, 0) is 18.1 Å². The Hall–Kier alpha value is -0.890. The van der Waals surface area contributed by atoms with Gasteiger partial charge in [0.15, 0.2) is 0 Å². The van der Waals surface area contributed by atoms with E-state index in [1.807, 2.05) is 31.2 Å². The molecule has 0 fully saturated rings. The normalized spacial score (nSPS) is 9.80. The third kappa shape index (κ3) is 1.54. The molecule has 0 unspecified atom stereocenters. The Labute approximate surface area is 59.8 Å². The average Bonchev–Trinajstić information content (AvgIpc) is 1.94. The van der Waals surface area contributed by atoms with E-state index in [9.17, 15) is 4.48 Å². The first kappa shape index (κ1) is 7.22. The third-order valence-corrected chi connectivity index (χ3v) is 1.52. The fraction of sp³-hybridized carbons (Fsp3) is 0.250. The van der Waals surface area contributed by atoms with Gasteiger partial charge in [0.25, 0.3) is 0 Å². The van der Waals surface area contributed by atoms with Crippen LogP contribution in [0.15, 0.2) is 24.3 Å². The number of hydrogen-bond donors (Lipinski definition) is 1. The van der Waals surface area contributed by atoms with Gasteiger partial charge >= 0.3 is 0 Å². The lowest BCUT2D eigenvalue weighted by atomic mass is 10.1. The predicted octanol–water partition coefficient (Wildman–Crippen LogP) is 1.97. The molecular formula is C8H10FN. The number of nitrogens with one attached hydrogen (secondary N) is 1. The molecule has 1 aromatic rings. The summed E-state index contributed by atoms with van der Waals surface area (Å²) >= 11 is 0. The van der Waals surface area contributed by atoms with Crippen molar-refractivity contribution >= 4 is 0 Å². The third-order valence-electron chi connectivity index (χ3n) is 1.52. The maximum Gasteiger partial charge on any atom is 0.0512 e. The van der Waals surface area contributed by atoms with Gasteiger partial charge in [-0.1, -0.05) is 24.3 Å². The van der Waals surface area contributed by atoms with Gasteiger partial charge < -0.3 is 0 Å². The molecule has 0 aliphatic carbocycles. The second-order valence-electron chi connectivity index (χ2n) is 2.24. The van der Waals surface area contributed by atoms with Crippen LogP contribution >= 0.6 is 0 Å². The first-order valence-corrected chi connectivity index (χ1v) is 3.22. The van der Waals surface area contributed by atoms with Gasteiger partial charge in [0.05, 0.1) is 6.54 Å². The minimum absolute atomic E-state index is 0.298. The molecule has 2 heteroatoms. The van der Waals surface area contributed by atoms with Gasteiger partial charge in [0, 0.05) is 0 Å². The summed E-state index contributed by atoms with van der Waals surface area (Å²) in [5.74, 6) is 0. The van der Waals surface area contributed by atoms with Gasteiger partial charge in [0.1, 0.15) is 0 Å². The van der Waals surface area contributed by atoms with Gasteiger partial charge in [-0.15, -0.1) is 4.48 Å². The van der Waals surface area contributed by atoms with Gasteiger partial charge in [0.2, 0.25) is 0 Å². The number of hydrogen-bond acceptors (Lipinski definition) is 1. The zero-order chi connectivity index (χ0) is 7.40. The minimum Gasteiger partial charge on any atom is -0.155 e. The SMILES string of the molecule is Cc1ccccc1CNF. The molecule has 1 N–H and O–H groups in total. The zero-order valence-electron chi connectivity index (χ0n) is 5.89. The van der Waals surface area contributed by atoms with Crippen molar-refractivity contribution in [2.45, 2.75) is 13.5 Å². The highest BCUT2D eigenvalue weighted by atomic mass is 19.2. The molecule has 10 heavy (non-hydrogen) atoms. The van der Waals surface area contributed by atoms with Crippen LogP contribution in [0.5, 0.6) is 0 Å². The molecule has 0 aliphatic heterocycles.